The number of amides is 1. The Labute approximate surface area is 151 Å². The summed E-state index contributed by atoms with van der Waals surface area (Å²) in [6, 6.07) is 6.85. The van der Waals surface area contributed by atoms with E-state index in [1.165, 1.54) is 13.0 Å². The van der Waals surface area contributed by atoms with Crippen LogP contribution in [0.15, 0.2) is 36.7 Å². The number of carbonyl (C=O) groups excluding carboxylic acids is 1. The first-order valence-electron chi connectivity index (χ1n) is 8.46. The molecular weight excluding hydrogens is 332 g/mol. The zero-order valence-electron chi connectivity index (χ0n) is 14.3. The molecule has 4 rings (SSSR count). The summed E-state index contributed by atoms with van der Waals surface area (Å²) >= 11 is 0. The lowest BCUT2D eigenvalue weighted by molar-refractivity contribution is -0.114. The molecule has 0 bridgehead atoms. The van der Waals surface area contributed by atoms with Gasteiger partial charge in [-0.05, 0) is 30.5 Å². The third kappa shape index (κ3) is 2.91. The third-order valence-electron chi connectivity index (χ3n) is 4.62. The van der Waals surface area contributed by atoms with E-state index in [0.29, 0.717) is 11.3 Å². The Bertz CT molecular complexity index is 989. The van der Waals surface area contributed by atoms with Gasteiger partial charge in [0.25, 0.3) is 0 Å². The van der Waals surface area contributed by atoms with Crippen LogP contribution in [-0.4, -0.2) is 34.9 Å². The number of hydrogen-bond donors (Lipinski definition) is 1. The van der Waals surface area contributed by atoms with Crippen molar-refractivity contribution in [3.05, 3.63) is 48.0 Å². The van der Waals surface area contributed by atoms with E-state index in [0.717, 1.165) is 30.8 Å². The number of hydrogen-bond acceptors (Lipinski definition) is 4. The molecule has 6 nitrogen and oxygen atoms in total. The van der Waals surface area contributed by atoms with Crippen LogP contribution in [-0.2, 0) is 4.79 Å². The Balaban J connectivity index is 1.71. The van der Waals surface area contributed by atoms with Crippen LogP contribution in [0.2, 0.25) is 0 Å². The van der Waals surface area contributed by atoms with E-state index in [1.807, 2.05) is 12.3 Å². The topological polar surface area (TPSA) is 62.5 Å². The van der Waals surface area contributed by atoms with Crippen molar-refractivity contribution in [1.82, 2.24) is 14.6 Å². The van der Waals surface area contributed by atoms with Crippen LogP contribution < -0.4 is 15.7 Å². The molecule has 1 atom stereocenters. The summed E-state index contributed by atoms with van der Waals surface area (Å²) < 4.78 is 15.1. The number of nitrogens with one attached hydrogen (secondary N) is 1. The molecule has 2 radical (unpaired) electrons. The predicted octanol–water partition coefficient (Wildman–Crippen LogP) is 1.96. The highest BCUT2D eigenvalue weighted by Crippen LogP contribution is 2.35. The number of nitrogens with zero attached hydrogens (tertiary/aromatic N) is 4. The van der Waals surface area contributed by atoms with Crippen LogP contribution in [0.4, 0.5) is 15.9 Å². The summed E-state index contributed by atoms with van der Waals surface area (Å²) in [6.45, 7) is 2.29. The first kappa shape index (κ1) is 16.6. The lowest BCUT2D eigenvalue weighted by Crippen LogP contribution is -2.25. The van der Waals surface area contributed by atoms with E-state index in [9.17, 15) is 9.18 Å². The van der Waals surface area contributed by atoms with Gasteiger partial charge in [-0.1, -0.05) is 17.6 Å². The average molecular weight is 349 g/mol. The smallest absolute Gasteiger partial charge is 0.221 e. The maximum Gasteiger partial charge on any atom is 0.221 e. The van der Waals surface area contributed by atoms with E-state index in [1.54, 1.807) is 22.8 Å². The largest absolute Gasteiger partial charge is 0.349 e. The summed E-state index contributed by atoms with van der Waals surface area (Å²) in [6.07, 6.45) is 5.34. The van der Waals surface area contributed by atoms with Crippen LogP contribution >= 0.6 is 0 Å². The van der Waals surface area contributed by atoms with Gasteiger partial charge in [-0.2, -0.15) is 5.10 Å². The second-order valence-corrected chi connectivity index (χ2v) is 6.43. The molecular formula is C18H17BFN5O. The molecule has 130 valence electrons. The van der Waals surface area contributed by atoms with Crippen molar-refractivity contribution in [3.63, 3.8) is 0 Å². The maximum absolute atomic E-state index is 13.5. The summed E-state index contributed by atoms with van der Waals surface area (Å²) in [4.78, 5) is 18.2. The first-order valence-corrected chi connectivity index (χ1v) is 8.46. The predicted molar refractivity (Wildman–Crippen MR) is 98.4 cm³/mol. The molecule has 8 heteroatoms. The molecule has 1 saturated heterocycles. The number of benzene rings is 1. The van der Waals surface area contributed by atoms with Crippen molar-refractivity contribution < 1.29 is 9.18 Å². The summed E-state index contributed by atoms with van der Waals surface area (Å²) in [5.74, 6) is 0.208. The van der Waals surface area contributed by atoms with Gasteiger partial charge in [-0.25, -0.2) is 13.9 Å². The Hall–Kier alpha value is -2.90. The zero-order valence-corrected chi connectivity index (χ0v) is 14.3. The third-order valence-corrected chi connectivity index (χ3v) is 4.62. The van der Waals surface area contributed by atoms with Gasteiger partial charge < -0.3 is 10.2 Å². The fourth-order valence-electron chi connectivity index (χ4n) is 3.45. The van der Waals surface area contributed by atoms with Gasteiger partial charge in [0.1, 0.15) is 25.2 Å². The highest BCUT2D eigenvalue weighted by atomic mass is 19.1. The van der Waals surface area contributed by atoms with Crippen LogP contribution in [0.1, 0.15) is 31.4 Å². The van der Waals surface area contributed by atoms with E-state index in [2.05, 4.69) is 15.3 Å². The van der Waals surface area contributed by atoms with Gasteiger partial charge >= 0.3 is 0 Å². The van der Waals surface area contributed by atoms with Crippen LogP contribution in [0.5, 0.6) is 0 Å². The molecule has 1 fully saturated rings. The van der Waals surface area contributed by atoms with E-state index in [4.69, 9.17) is 12.8 Å². The zero-order chi connectivity index (χ0) is 18.3. The van der Waals surface area contributed by atoms with Crippen LogP contribution in [0, 0.1) is 5.82 Å². The van der Waals surface area contributed by atoms with Crippen molar-refractivity contribution in [3.8, 4) is 0 Å². The molecule has 3 aromatic rings. The van der Waals surface area contributed by atoms with E-state index in [-0.39, 0.29) is 17.4 Å². The fourth-order valence-corrected chi connectivity index (χ4v) is 3.45. The Morgan fingerprint density at radius 3 is 3.00 bits per heavy atom. The van der Waals surface area contributed by atoms with E-state index >= 15 is 0 Å². The fraction of sp³-hybridized carbons (Fsp3) is 0.278. The molecule has 0 aliphatic carbocycles. The normalized spacial score (nSPS) is 17.0. The number of anilines is 2. The van der Waals surface area contributed by atoms with Crippen molar-refractivity contribution in [1.29, 1.82) is 0 Å². The quantitative estimate of drug-likeness (QED) is 0.735. The maximum atomic E-state index is 13.5. The molecule has 1 aliphatic rings. The van der Waals surface area contributed by atoms with Crippen molar-refractivity contribution >= 4 is 36.4 Å². The lowest BCUT2D eigenvalue weighted by atomic mass is 9.91. The first-order chi connectivity index (χ1) is 12.5. The van der Waals surface area contributed by atoms with Crippen molar-refractivity contribution in [2.75, 3.05) is 16.8 Å². The lowest BCUT2D eigenvalue weighted by Gasteiger charge is -2.26. The summed E-state index contributed by atoms with van der Waals surface area (Å²) in [5, 5.41) is 6.94. The van der Waals surface area contributed by atoms with Gasteiger partial charge in [0.2, 0.25) is 5.91 Å². The minimum atomic E-state index is -0.406. The minimum absolute atomic E-state index is 0.0833. The Kier molecular flexibility index (Phi) is 4.10. The molecule has 3 heterocycles. The summed E-state index contributed by atoms with van der Waals surface area (Å²) in [7, 11) is 5.74. The second-order valence-electron chi connectivity index (χ2n) is 6.43. The molecule has 26 heavy (non-hydrogen) atoms. The van der Waals surface area contributed by atoms with Crippen LogP contribution in [0.25, 0.3) is 5.65 Å². The standard InChI is InChI=1S/C18H17BFN5O/c1-11(26)22-15-10-21-25-8-6-17(23-18(15)25)24-7-2-3-16(24)12-4-5-14(20)13(19)9-12/h4-6,8-10,16H,2-3,7H2,1H3,(H,22,26)/t16-/m1/s1. The summed E-state index contributed by atoms with van der Waals surface area (Å²) in [5.41, 5.74) is 2.28. The number of aromatic nitrogens is 3. The molecule has 2 aromatic heterocycles. The molecule has 1 aliphatic heterocycles. The highest BCUT2D eigenvalue weighted by Gasteiger charge is 2.28. The van der Waals surface area contributed by atoms with Gasteiger partial charge in [0, 0.05) is 19.7 Å². The molecule has 0 saturated carbocycles. The van der Waals surface area contributed by atoms with Crippen LogP contribution in [0.3, 0.4) is 0 Å². The van der Waals surface area contributed by atoms with Crippen molar-refractivity contribution in [2.24, 2.45) is 0 Å². The van der Waals surface area contributed by atoms with E-state index < -0.39 is 5.82 Å². The number of rotatable bonds is 3. The Morgan fingerprint density at radius 1 is 1.38 bits per heavy atom. The SMILES string of the molecule is [B]c1cc([C@H]2CCCN2c2ccn3ncc(NC(C)=O)c3n2)ccc1F. The number of carbonyl (C=O) groups is 1. The number of halogens is 1. The highest BCUT2D eigenvalue weighted by molar-refractivity contribution is 6.32. The molecule has 0 spiro atoms. The van der Waals surface area contributed by atoms with Gasteiger partial charge in [0.15, 0.2) is 5.65 Å². The van der Waals surface area contributed by atoms with Gasteiger partial charge in [-0.3, -0.25) is 4.79 Å². The van der Waals surface area contributed by atoms with Gasteiger partial charge in [-0.15, -0.1) is 0 Å². The number of fused-ring (bicyclic) bond motifs is 1. The van der Waals surface area contributed by atoms with Crippen molar-refractivity contribution in [2.45, 2.75) is 25.8 Å². The molecule has 1 amide bonds. The second kappa shape index (κ2) is 6.44. The monoisotopic (exact) mass is 349 g/mol. The molecule has 1 N–H and O–H groups in total. The average Bonchev–Trinajstić information content (AvgIpc) is 3.24. The Morgan fingerprint density at radius 2 is 2.23 bits per heavy atom. The van der Waals surface area contributed by atoms with Gasteiger partial charge in [0.05, 0.1) is 12.2 Å². The molecule has 0 unspecified atom stereocenters. The minimum Gasteiger partial charge on any atom is -0.349 e. The molecule has 1 aromatic carbocycles.